The standard InChI is InChI=1S/C16H17BrN2O/c1-11-10-13(17)6-9-15(11)18-16(20)12-4-7-14(8-5-12)19(2)3/h4-10H,1-3H3,(H,18,20). The van der Waals surface area contributed by atoms with Crippen LogP contribution in [0.1, 0.15) is 15.9 Å². The number of nitrogens with one attached hydrogen (secondary N) is 1. The summed E-state index contributed by atoms with van der Waals surface area (Å²) in [4.78, 5) is 14.2. The smallest absolute Gasteiger partial charge is 0.255 e. The molecule has 2 aromatic rings. The summed E-state index contributed by atoms with van der Waals surface area (Å²) in [6, 6.07) is 13.3. The molecule has 3 nitrogen and oxygen atoms in total. The molecule has 0 spiro atoms. The molecule has 0 aliphatic rings. The quantitative estimate of drug-likeness (QED) is 0.918. The number of carbonyl (C=O) groups is 1. The first-order valence-corrected chi connectivity index (χ1v) is 7.11. The Bertz CT molecular complexity index is 621. The van der Waals surface area contributed by atoms with Gasteiger partial charge in [0.1, 0.15) is 0 Å². The van der Waals surface area contributed by atoms with Crippen molar-refractivity contribution in [2.45, 2.75) is 6.92 Å². The number of hydrogen-bond donors (Lipinski definition) is 1. The van der Waals surface area contributed by atoms with Gasteiger partial charge in [-0.15, -0.1) is 0 Å². The van der Waals surface area contributed by atoms with Crippen molar-refractivity contribution in [1.82, 2.24) is 0 Å². The monoisotopic (exact) mass is 332 g/mol. The van der Waals surface area contributed by atoms with E-state index in [4.69, 9.17) is 0 Å². The maximum Gasteiger partial charge on any atom is 0.255 e. The van der Waals surface area contributed by atoms with E-state index in [9.17, 15) is 4.79 Å². The van der Waals surface area contributed by atoms with Crippen molar-refractivity contribution < 1.29 is 4.79 Å². The van der Waals surface area contributed by atoms with Gasteiger partial charge < -0.3 is 10.2 Å². The van der Waals surface area contributed by atoms with E-state index in [0.29, 0.717) is 5.56 Å². The second-order valence-corrected chi connectivity index (χ2v) is 5.77. The lowest BCUT2D eigenvalue weighted by molar-refractivity contribution is 0.102. The van der Waals surface area contributed by atoms with Crippen molar-refractivity contribution in [1.29, 1.82) is 0 Å². The van der Waals surface area contributed by atoms with Gasteiger partial charge in [0.25, 0.3) is 5.91 Å². The molecular weight excluding hydrogens is 316 g/mol. The predicted octanol–water partition coefficient (Wildman–Crippen LogP) is 4.08. The van der Waals surface area contributed by atoms with Crippen LogP contribution in [0.3, 0.4) is 0 Å². The summed E-state index contributed by atoms with van der Waals surface area (Å²) in [5.74, 6) is -0.0965. The number of halogens is 1. The van der Waals surface area contributed by atoms with E-state index in [1.165, 1.54) is 0 Å². The third-order valence-electron chi connectivity index (χ3n) is 3.08. The fourth-order valence-electron chi connectivity index (χ4n) is 1.87. The molecule has 0 radical (unpaired) electrons. The SMILES string of the molecule is Cc1cc(Br)ccc1NC(=O)c1ccc(N(C)C)cc1. The topological polar surface area (TPSA) is 32.3 Å². The average Bonchev–Trinajstić information content (AvgIpc) is 2.42. The minimum absolute atomic E-state index is 0.0965. The predicted molar refractivity (Wildman–Crippen MR) is 87.6 cm³/mol. The molecule has 1 N–H and O–H groups in total. The van der Waals surface area contributed by atoms with Crippen LogP contribution in [0.25, 0.3) is 0 Å². The molecule has 2 aromatic carbocycles. The minimum Gasteiger partial charge on any atom is -0.378 e. The molecule has 20 heavy (non-hydrogen) atoms. The van der Waals surface area contributed by atoms with E-state index in [-0.39, 0.29) is 5.91 Å². The molecule has 0 saturated carbocycles. The number of carbonyl (C=O) groups excluding carboxylic acids is 1. The second-order valence-electron chi connectivity index (χ2n) is 4.85. The van der Waals surface area contributed by atoms with Crippen molar-refractivity contribution in [3.05, 3.63) is 58.1 Å². The Balaban J connectivity index is 2.15. The van der Waals surface area contributed by atoms with E-state index in [2.05, 4.69) is 21.2 Å². The van der Waals surface area contributed by atoms with E-state index >= 15 is 0 Å². The number of amides is 1. The van der Waals surface area contributed by atoms with Crippen LogP contribution in [0, 0.1) is 6.92 Å². The highest BCUT2D eigenvalue weighted by Gasteiger charge is 2.08. The number of aryl methyl sites for hydroxylation is 1. The van der Waals surface area contributed by atoms with Crippen LogP contribution in [0.5, 0.6) is 0 Å². The molecule has 0 atom stereocenters. The number of rotatable bonds is 3. The van der Waals surface area contributed by atoms with Gasteiger partial charge in [-0.05, 0) is 55.0 Å². The van der Waals surface area contributed by atoms with Gasteiger partial charge in [-0.25, -0.2) is 0 Å². The van der Waals surface area contributed by atoms with Crippen molar-refractivity contribution >= 4 is 33.2 Å². The number of nitrogens with zero attached hydrogens (tertiary/aromatic N) is 1. The third kappa shape index (κ3) is 3.39. The van der Waals surface area contributed by atoms with Gasteiger partial charge in [-0.2, -0.15) is 0 Å². The van der Waals surface area contributed by atoms with Gasteiger partial charge in [0, 0.05) is 35.5 Å². The lowest BCUT2D eigenvalue weighted by atomic mass is 10.1. The Labute approximate surface area is 127 Å². The van der Waals surface area contributed by atoms with Crippen molar-refractivity contribution in [2.24, 2.45) is 0 Å². The van der Waals surface area contributed by atoms with Gasteiger partial charge in [-0.1, -0.05) is 15.9 Å². The summed E-state index contributed by atoms with van der Waals surface area (Å²) in [6.07, 6.45) is 0. The zero-order chi connectivity index (χ0) is 14.7. The van der Waals surface area contributed by atoms with Gasteiger partial charge in [0.05, 0.1) is 0 Å². The highest BCUT2D eigenvalue weighted by Crippen LogP contribution is 2.21. The number of anilines is 2. The lowest BCUT2D eigenvalue weighted by Gasteiger charge is -2.13. The van der Waals surface area contributed by atoms with Crippen LogP contribution in [-0.2, 0) is 0 Å². The lowest BCUT2D eigenvalue weighted by Crippen LogP contribution is -2.13. The Kier molecular flexibility index (Phi) is 4.45. The molecule has 0 saturated heterocycles. The van der Waals surface area contributed by atoms with Crippen LogP contribution in [0.2, 0.25) is 0 Å². The largest absolute Gasteiger partial charge is 0.378 e. The first kappa shape index (κ1) is 14.6. The highest BCUT2D eigenvalue weighted by atomic mass is 79.9. The summed E-state index contributed by atoms with van der Waals surface area (Å²) in [7, 11) is 3.94. The Morgan fingerprint density at radius 2 is 1.75 bits per heavy atom. The van der Waals surface area contributed by atoms with E-state index < -0.39 is 0 Å². The average molecular weight is 333 g/mol. The second kappa shape index (κ2) is 6.09. The van der Waals surface area contributed by atoms with Crippen molar-refractivity contribution in [2.75, 3.05) is 24.3 Å². The Morgan fingerprint density at radius 1 is 1.10 bits per heavy atom. The molecule has 1 amide bonds. The van der Waals surface area contributed by atoms with Crippen LogP contribution < -0.4 is 10.2 Å². The van der Waals surface area contributed by atoms with Crippen molar-refractivity contribution in [3.63, 3.8) is 0 Å². The maximum atomic E-state index is 12.2. The van der Waals surface area contributed by atoms with Gasteiger partial charge in [0.2, 0.25) is 0 Å². The summed E-state index contributed by atoms with van der Waals surface area (Å²) in [5.41, 5.74) is 3.58. The number of hydrogen-bond acceptors (Lipinski definition) is 2. The third-order valence-corrected chi connectivity index (χ3v) is 3.58. The van der Waals surface area contributed by atoms with Crippen LogP contribution >= 0.6 is 15.9 Å². The maximum absolute atomic E-state index is 12.2. The molecule has 0 fully saturated rings. The molecule has 4 heteroatoms. The van der Waals surface area contributed by atoms with E-state index in [0.717, 1.165) is 21.4 Å². The van der Waals surface area contributed by atoms with Gasteiger partial charge >= 0.3 is 0 Å². The van der Waals surface area contributed by atoms with Gasteiger partial charge in [0.15, 0.2) is 0 Å². The summed E-state index contributed by atoms with van der Waals surface area (Å²) in [5, 5.41) is 2.93. The fraction of sp³-hybridized carbons (Fsp3) is 0.188. The number of benzene rings is 2. The molecule has 0 heterocycles. The molecule has 0 aliphatic carbocycles. The van der Waals surface area contributed by atoms with Gasteiger partial charge in [-0.3, -0.25) is 4.79 Å². The van der Waals surface area contributed by atoms with E-state index in [1.54, 1.807) is 0 Å². The molecule has 2 rings (SSSR count). The molecule has 0 bridgehead atoms. The summed E-state index contributed by atoms with van der Waals surface area (Å²) < 4.78 is 1.00. The highest BCUT2D eigenvalue weighted by molar-refractivity contribution is 9.10. The zero-order valence-electron chi connectivity index (χ0n) is 11.8. The summed E-state index contributed by atoms with van der Waals surface area (Å²) >= 11 is 3.41. The van der Waals surface area contributed by atoms with Crippen LogP contribution in [0.15, 0.2) is 46.9 Å². The molecule has 0 aromatic heterocycles. The summed E-state index contributed by atoms with van der Waals surface area (Å²) in [6.45, 7) is 1.97. The first-order valence-electron chi connectivity index (χ1n) is 6.32. The van der Waals surface area contributed by atoms with Crippen molar-refractivity contribution in [3.8, 4) is 0 Å². The minimum atomic E-state index is -0.0965. The normalized spacial score (nSPS) is 10.2. The van der Waals surface area contributed by atoms with E-state index in [1.807, 2.05) is 68.4 Å². The molecule has 0 aliphatic heterocycles. The van der Waals surface area contributed by atoms with Crippen LogP contribution in [-0.4, -0.2) is 20.0 Å². The molecular formula is C16H17BrN2O. The fourth-order valence-corrected chi connectivity index (χ4v) is 2.35. The molecule has 104 valence electrons. The van der Waals surface area contributed by atoms with Crippen LogP contribution in [0.4, 0.5) is 11.4 Å². The first-order chi connectivity index (χ1) is 9.47. The zero-order valence-corrected chi connectivity index (χ0v) is 13.4. The Hall–Kier alpha value is -1.81. The molecule has 0 unspecified atom stereocenters. The Morgan fingerprint density at radius 3 is 2.30 bits per heavy atom.